The van der Waals surface area contributed by atoms with Crippen molar-refractivity contribution in [1.82, 2.24) is 9.91 Å². The van der Waals surface area contributed by atoms with Gasteiger partial charge in [-0.05, 0) is 42.4 Å². The van der Waals surface area contributed by atoms with Crippen LogP contribution in [0.5, 0.6) is 17.2 Å². The van der Waals surface area contributed by atoms with E-state index in [0.29, 0.717) is 24.5 Å². The number of carbonyl (C=O) groups is 1. The first kappa shape index (κ1) is 24.3. The minimum atomic E-state index is -0.222. The van der Waals surface area contributed by atoms with Gasteiger partial charge in [0, 0.05) is 24.6 Å². The highest BCUT2D eigenvalue weighted by Gasteiger charge is 2.34. The maximum atomic E-state index is 13.5. The van der Waals surface area contributed by atoms with Crippen LogP contribution in [-0.4, -0.2) is 56.4 Å². The smallest absolute Gasteiger partial charge is 0.257 e. The van der Waals surface area contributed by atoms with E-state index in [9.17, 15) is 4.79 Å². The van der Waals surface area contributed by atoms with Crippen molar-refractivity contribution in [2.24, 2.45) is 5.10 Å². The Morgan fingerprint density at radius 3 is 2.29 bits per heavy atom. The molecule has 1 amide bonds. The molecule has 3 aromatic carbocycles. The summed E-state index contributed by atoms with van der Waals surface area (Å²) in [4.78, 5) is 15.5. The summed E-state index contributed by atoms with van der Waals surface area (Å²) in [6.45, 7) is 0.925. The number of nitrogens with zero attached hydrogens (tertiary/aromatic N) is 3. The van der Waals surface area contributed by atoms with Gasteiger partial charge in [-0.15, -0.1) is 0 Å². The summed E-state index contributed by atoms with van der Waals surface area (Å²) < 4.78 is 16.3. The van der Waals surface area contributed by atoms with Crippen molar-refractivity contribution in [3.05, 3.63) is 89.5 Å². The average Bonchev–Trinajstić information content (AvgIpc) is 3.34. The van der Waals surface area contributed by atoms with Gasteiger partial charge in [-0.2, -0.15) is 5.10 Å². The van der Waals surface area contributed by atoms with Crippen LogP contribution in [0.4, 0.5) is 0 Å². The molecule has 1 heterocycles. The summed E-state index contributed by atoms with van der Waals surface area (Å²) in [5.41, 5.74) is 3.79. The van der Waals surface area contributed by atoms with E-state index in [1.807, 2.05) is 72.6 Å². The topological polar surface area (TPSA) is 63.6 Å². The van der Waals surface area contributed by atoms with Gasteiger partial charge in [-0.1, -0.05) is 42.5 Å². The monoisotopic (exact) mass is 473 g/mol. The second-order valence-corrected chi connectivity index (χ2v) is 8.50. The summed E-state index contributed by atoms with van der Waals surface area (Å²) in [6.07, 6.45) is 0.573. The summed E-state index contributed by atoms with van der Waals surface area (Å²) in [5, 5.41) is 6.42. The molecule has 1 aliphatic rings. The van der Waals surface area contributed by atoms with Crippen molar-refractivity contribution in [1.29, 1.82) is 0 Å². The third-order valence-electron chi connectivity index (χ3n) is 6.09. The Balaban J connectivity index is 1.61. The van der Waals surface area contributed by atoms with Crippen LogP contribution < -0.4 is 14.2 Å². The lowest BCUT2D eigenvalue weighted by molar-refractivity contribution is -0.134. The maximum Gasteiger partial charge on any atom is 0.257 e. The van der Waals surface area contributed by atoms with Crippen LogP contribution >= 0.6 is 0 Å². The van der Waals surface area contributed by atoms with Crippen LogP contribution in [0, 0.1) is 0 Å². The lowest BCUT2D eigenvalue weighted by Gasteiger charge is -2.25. The van der Waals surface area contributed by atoms with Gasteiger partial charge in [-0.25, -0.2) is 5.01 Å². The molecule has 0 saturated carbocycles. The molecule has 7 nitrogen and oxygen atoms in total. The van der Waals surface area contributed by atoms with Crippen LogP contribution in [0.1, 0.15) is 29.2 Å². The van der Waals surface area contributed by atoms with Crippen LogP contribution in [0.25, 0.3) is 0 Å². The summed E-state index contributed by atoms with van der Waals surface area (Å²) in [7, 11) is 6.82. The van der Waals surface area contributed by atoms with E-state index in [2.05, 4.69) is 12.1 Å². The first-order chi connectivity index (χ1) is 17.0. The fourth-order valence-corrected chi connectivity index (χ4v) is 4.28. The summed E-state index contributed by atoms with van der Waals surface area (Å²) in [6, 6.07) is 23.3. The Morgan fingerprint density at radius 1 is 0.943 bits per heavy atom. The van der Waals surface area contributed by atoms with Gasteiger partial charge in [0.1, 0.15) is 17.2 Å². The lowest BCUT2D eigenvalue weighted by atomic mass is 9.97. The molecule has 0 radical (unpaired) electrons. The molecule has 1 atom stereocenters. The van der Waals surface area contributed by atoms with Crippen molar-refractivity contribution in [2.75, 3.05) is 34.9 Å². The number of benzene rings is 3. The number of likely N-dealkylation sites (N-methyl/N-ethyl adjacent to an activating group) is 1. The molecule has 0 spiro atoms. The Labute approximate surface area is 206 Å². The molecule has 0 fully saturated rings. The molecule has 4 rings (SSSR count). The number of amides is 1. The van der Waals surface area contributed by atoms with Gasteiger partial charge in [0.05, 0.1) is 39.6 Å². The van der Waals surface area contributed by atoms with E-state index in [1.54, 1.807) is 26.3 Å². The Bertz CT molecular complexity index is 1180. The van der Waals surface area contributed by atoms with Gasteiger partial charge in [0.25, 0.3) is 5.91 Å². The number of carbonyl (C=O) groups excluding carboxylic acids is 1. The molecule has 182 valence electrons. The van der Waals surface area contributed by atoms with Crippen LogP contribution in [0.15, 0.2) is 77.9 Å². The van der Waals surface area contributed by atoms with Crippen molar-refractivity contribution in [3.63, 3.8) is 0 Å². The second kappa shape index (κ2) is 11.1. The molecule has 0 aromatic heterocycles. The average molecular weight is 474 g/mol. The molecule has 0 saturated heterocycles. The third-order valence-corrected chi connectivity index (χ3v) is 6.09. The Morgan fingerprint density at radius 2 is 1.63 bits per heavy atom. The van der Waals surface area contributed by atoms with Gasteiger partial charge >= 0.3 is 0 Å². The van der Waals surface area contributed by atoms with Crippen molar-refractivity contribution >= 4 is 11.6 Å². The molecule has 35 heavy (non-hydrogen) atoms. The standard InChI is InChI=1S/C28H31N3O4/c1-30(18-20-8-6-5-7-9-20)19-28(32)31-26(21-10-12-22(33-2)13-11-21)17-25(29-31)24-15-14-23(34-3)16-27(24)35-4/h5-16,26H,17-19H2,1-4H3. The minimum absolute atomic E-state index is 0.0632. The fraction of sp³-hybridized carbons (Fsp3) is 0.286. The van der Waals surface area contributed by atoms with Crippen LogP contribution in [-0.2, 0) is 11.3 Å². The zero-order valence-electron chi connectivity index (χ0n) is 20.6. The van der Waals surface area contributed by atoms with E-state index in [-0.39, 0.29) is 18.5 Å². The summed E-state index contributed by atoms with van der Waals surface area (Å²) in [5.74, 6) is 2.07. The highest BCUT2D eigenvalue weighted by molar-refractivity contribution is 6.05. The zero-order chi connectivity index (χ0) is 24.8. The highest BCUT2D eigenvalue weighted by atomic mass is 16.5. The van der Waals surface area contributed by atoms with E-state index < -0.39 is 0 Å². The zero-order valence-corrected chi connectivity index (χ0v) is 20.6. The van der Waals surface area contributed by atoms with E-state index in [1.165, 1.54) is 0 Å². The molecular weight excluding hydrogens is 442 g/mol. The maximum absolute atomic E-state index is 13.5. The van der Waals surface area contributed by atoms with Gasteiger partial charge in [0.15, 0.2) is 0 Å². The van der Waals surface area contributed by atoms with Crippen LogP contribution in [0.3, 0.4) is 0 Å². The first-order valence-corrected chi connectivity index (χ1v) is 11.5. The second-order valence-electron chi connectivity index (χ2n) is 8.50. The van der Waals surface area contributed by atoms with Crippen molar-refractivity contribution in [3.8, 4) is 17.2 Å². The minimum Gasteiger partial charge on any atom is -0.497 e. The molecule has 0 bridgehead atoms. The number of methoxy groups -OCH3 is 3. The Hall–Kier alpha value is -3.84. The van der Waals surface area contributed by atoms with E-state index >= 15 is 0 Å². The van der Waals surface area contributed by atoms with Crippen molar-refractivity contribution in [2.45, 2.75) is 19.0 Å². The summed E-state index contributed by atoms with van der Waals surface area (Å²) >= 11 is 0. The normalized spacial score (nSPS) is 15.2. The van der Waals surface area contributed by atoms with Gasteiger partial charge in [0.2, 0.25) is 0 Å². The van der Waals surface area contributed by atoms with Gasteiger partial charge in [-0.3, -0.25) is 9.69 Å². The van der Waals surface area contributed by atoms with E-state index in [4.69, 9.17) is 19.3 Å². The fourth-order valence-electron chi connectivity index (χ4n) is 4.28. The predicted octanol–water partition coefficient (Wildman–Crippen LogP) is 4.52. The quantitative estimate of drug-likeness (QED) is 0.457. The number of hydrogen-bond acceptors (Lipinski definition) is 6. The number of rotatable bonds is 9. The van der Waals surface area contributed by atoms with Crippen LogP contribution in [0.2, 0.25) is 0 Å². The molecular formula is C28H31N3O4. The number of hydrazone groups is 1. The molecule has 7 heteroatoms. The van der Waals surface area contributed by atoms with Gasteiger partial charge < -0.3 is 14.2 Å². The lowest BCUT2D eigenvalue weighted by Crippen LogP contribution is -2.36. The largest absolute Gasteiger partial charge is 0.497 e. The molecule has 1 aliphatic heterocycles. The number of hydrogen-bond donors (Lipinski definition) is 0. The first-order valence-electron chi connectivity index (χ1n) is 11.5. The number of ether oxygens (including phenoxy) is 3. The molecule has 0 aliphatic carbocycles. The third kappa shape index (κ3) is 5.63. The predicted molar refractivity (Wildman–Crippen MR) is 136 cm³/mol. The van der Waals surface area contributed by atoms with E-state index in [0.717, 1.165) is 28.2 Å². The molecule has 1 unspecified atom stereocenters. The molecule has 0 N–H and O–H groups in total. The SMILES string of the molecule is COc1ccc(C2CC(c3ccc(OC)cc3OC)=NN2C(=O)CN(C)Cc2ccccc2)cc1. The highest BCUT2D eigenvalue weighted by Crippen LogP contribution is 2.36. The molecule has 3 aromatic rings. The van der Waals surface area contributed by atoms with Crippen molar-refractivity contribution < 1.29 is 19.0 Å². The Kier molecular flexibility index (Phi) is 7.67.